The Bertz CT molecular complexity index is 849. The Labute approximate surface area is 163 Å². The van der Waals surface area contributed by atoms with E-state index < -0.39 is 11.8 Å². The van der Waals surface area contributed by atoms with Gasteiger partial charge in [-0.2, -0.15) is 0 Å². The minimum atomic E-state index is -0.620. The topological polar surface area (TPSA) is 120 Å². The van der Waals surface area contributed by atoms with Crippen LogP contribution in [0.25, 0.3) is 0 Å². The molecule has 148 valence electrons. The van der Waals surface area contributed by atoms with E-state index in [4.69, 9.17) is 15.2 Å². The lowest BCUT2D eigenvalue weighted by molar-refractivity contribution is -0.117. The number of hydrogen-bond acceptors (Lipinski definition) is 5. The zero-order chi connectivity index (χ0) is 20.5. The monoisotopic (exact) mass is 385 g/mol. The Morgan fingerprint density at radius 3 is 2.32 bits per heavy atom. The van der Waals surface area contributed by atoms with Crippen molar-refractivity contribution in [1.82, 2.24) is 5.32 Å². The first-order valence-electron chi connectivity index (χ1n) is 8.60. The molecule has 3 amide bonds. The van der Waals surface area contributed by atoms with Gasteiger partial charge in [0, 0.05) is 17.7 Å². The number of primary amides is 1. The average molecular weight is 385 g/mol. The number of rotatable bonds is 9. The molecule has 0 saturated carbocycles. The maximum atomic E-state index is 12.2. The summed E-state index contributed by atoms with van der Waals surface area (Å²) in [6.07, 6.45) is 0.740. The fraction of sp³-hybridized carbons (Fsp3) is 0.250. The lowest BCUT2D eigenvalue weighted by Gasteiger charge is -2.11. The van der Waals surface area contributed by atoms with E-state index in [-0.39, 0.29) is 18.9 Å². The third-order valence-corrected chi connectivity index (χ3v) is 3.96. The summed E-state index contributed by atoms with van der Waals surface area (Å²) in [6.45, 7) is -0.231. The van der Waals surface area contributed by atoms with E-state index in [0.29, 0.717) is 29.2 Å². The van der Waals surface area contributed by atoms with Crippen LogP contribution in [0.2, 0.25) is 0 Å². The number of carbonyl (C=O) groups excluding carboxylic acids is 3. The number of ether oxygens (including phenoxy) is 2. The number of benzene rings is 2. The number of nitrogens with two attached hydrogens (primary N) is 1. The zero-order valence-electron chi connectivity index (χ0n) is 15.8. The number of aryl methyl sites for hydroxylation is 1. The minimum Gasteiger partial charge on any atom is -0.497 e. The van der Waals surface area contributed by atoms with Gasteiger partial charge in [-0.3, -0.25) is 14.4 Å². The van der Waals surface area contributed by atoms with E-state index >= 15 is 0 Å². The molecule has 0 atom stereocenters. The van der Waals surface area contributed by atoms with Gasteiger partial charge in [0.05, 0.1) is 20.8 Å². The highest BCUT2D eigenvalue weighted by Crippen LogP contribution is 2.25. The number of carbonyl (C=O) groups is 3. The highest BCUT2D eigenvalue weighted by molar-refractivity contribution is 5.97. The van der Waals surface area contributed by atoms with Crippen molar-refractivity contribution in [3.63, 3.8) is 0 Å². The van der Waals surface area contributed by atoms with Gasteiger partial charge in [0.2, 0.25) is 11.8 Å². The minimum absolute atomic E-state index is 0.171. The summed E-state index contributed by atoms with van der Waals surface area (Å²) in [5, 5.41) is 5.17. The fourth-order valence-corrected chi connectivity index (χ4v) is 2.52. The summed E-state index contributed by atoms with van der Waals surface area (Å²) in [7, 11) is 3.16. The Kier molecular flexibility index (Phi) is 7.38. The SMILES string of the molecule is COc1ccc(OC)c(CCC(=O)Nc2ccc(C(=O)NCC(N)=O)cc2)c1. The van der Waals surface area contributed by atoms with Gasteiger partial charge in [-0.25, -0.2) is 0 Å². The van der Waals surface area contributed by atoms with Gasteiger partial charge in [0.1, 0.15) is 11.5 Å². The molecule has 8 heteroatoms. The van der Waals surface area contributed by atoms with Crippen molar-refractivity contribution >= 4 is 23.4 Å². The Hall–Kier alpha value is -3.55. The van der Waals surface area contributed by atoms with Gasteiger partial charge >= 0.3 is 0 Å². The molecule has 0 fully saturated rings. The quantitative estimate of drug-likeness (QED) is 0.604. The molecule has 0 aromatic heterocycles. The maximum absolute atomic E-state index is 12.2. The number of nitrogens with one attached hydrogen (secondary N) is 2. The average Bonchev–Trinajstić information content (AvgIpc) is 2.70. The standard InChI is InChI=1S/C20H23N3O5/c1-27-16-8-9-17(28-2)14(11-16)5-10-19(25)23-15-6-3-13(4-7-15)20(26)22-12-18(21)24/h3-4,6-9,11H,5,10,12H2,1-2H3,(H2,21,24)(H,22,26)(H,23,25). The predicted octanol–water partition coefficient (Wildman–Crippen LogP) is 1.49. The van der Waals surface area contributed by atoms with Crippen LogP contribution in [-0.2, 0) is 16.0 Å². The summed E-state index contributed by atoms with van der Waals surface area (Å²) >= 11 is 0. The van der Waals surface area contributed by atoms with Crippen molar-refractivity contribution in [2.24, 2.45) is 5.73 Å². The Balaban J connectivity index is 1.91. The first-order chi connectivity index (χ1) is 13.4. The largest absolute Gasteiger partial charge is 0.497 e. The maximum Gasteiger partial charge on any atom is 0.251 e. The zero-order valence-corrected chi connectivity index (χ0v) is 15.8. The Morgan fingerprint density at radius 2 is 1.71 bits per heavy atom. The molecule has 2 rings (SSSR count). The highest BCUT2D eigenvalue weighted by atomic mass is 16.5. The van der Waals surface area contributed by atoms with Crippen molar-refractivity contribution in [2.75, 3.05) is 26.1 Å². The first-order valence-corrected chi connectivity index (χ1v) is 8.60. The fourth-order valence-electron chi connectivity index (χ4n) is 2.52. The first kappa shape index (κ1) is 20.8. The van der Waals surface area contributed by atoms with Crippen LogP contribution in [0.3, 0.4) is 0 Å². The van der Waals surface area contributed by atoms with E-state index in [1.807, 2.05) is 6.07 Å². The summed E-state index contributed by atoms with van der Waals surface area (Å²) in [6, 6.07) is 11.8. The van der Waals surface area contributed by atoms with Crippen LogP contribution in [0.4, 0.5) is 5.69 Å². The molecular weight excluding hydrogens is 362 g/mol. The second-order valence-corrected chi connectivity index (χ2v) is 5.95. The van der Waals surface area contributed by atoms with Crippen LogP contribution < -0.4 is 25.8 Å². The molecule has 0 bridgehead atoms. The predicted molar refractivity (Wildman–Crippen MR) is 104 cm³/mol. The van der Waals surface area contributed by atoms with Gasteiger partial charge in [0.15, 0.2) is 0 Å². The van der Waals surface area contributed by atoms with Crippen molar-refractivity contribution in [2.45, 2.75) is 12.8 Å². The highest BCUT2D eigenvalue weighted by Gasteiger charge is 2.10. The van der Waals surface area contributed by atoms with Crippen LogP contribution in [0.15, 0.2) is 42.5 Å². The number of hydrogen-bond donors (Lipinski definition) is 3. The second kappa shape index (κ2) is 9.96. The van der Waals surface area contributed by atoms with E-state index in [1.165, 1.54) is 0 Å². The van der Waals surface area contributed by atoms with E-state index in [1.54, 1.807) is 50.6 Å². The van der Waals surface area contributed by atoms with Crippen LogP contribution >= 0.6 is 0 Å². The lowest BCUT2D eigenvalue weighted by atomic mass is 10.1. The molecular formula is C20H23N3O5. The third kappa shape index (κ3) is 6.01. The molecule has 0 aliphatic carbocycles. The molecule has 0 aliphatic rings. The molecule has 28 heavy (non-hydrogen) atoms. The number of methoxy groups -OCH3 is 2. The third-order valence-electron chi connectivity index (χ3n) is 3.96. The van der Waals surface area contributed by atoms with Crippen molar-refractivity contribution in [3.05, 3.63) is 53.6 Å². The smallest absolute Gasteiger partial charge is 0.251 e. The van der Waals surface area contributed by atoms with Crippen LogP contribution in [0.5, 0.6) is 11.5 Å². The molecule has 0 spiro atoms. The van der Waals surface area contributed by atoms with Crippen LogP contribution in [-0.4, -0.2) is 38.5 Å². The molecule has 2 aromatic rings. The molecule has 4 N–H and O–H groups in total. The normalized spacial score (nSPS) is 10.1. The van der Waals surface area contributed by atoms with E-state index in [0.717, 1.165) is 5.56 Å². The molecule has 0 saturated heterocycles. The molecule has 0 radical (unpaired) electrons. The van der Waals surface area contributed by atoms with E-state index in [9.17, 15) is 14.4 Å². The van der Waals surface area contributed by atoms with Crippen LogP contribution in [0.1, 0.15) is 22.3 Å². The number of anilines is 1. The molecule has 0 heterocycles. The summed E-state index contributed by atoms with van der Waals surface area (Å²) < 4.78 is 10.5. The van der Waals surface area contributed by atoms with Crippen molar-refractivity contribution < 1.29 is 23.9 Å². The van der Waals surface area contributed by atoms with Gasteiger partial charge < -0.3 is 25.8 Å². The van der Waals surface area contributed by atoms with Gasteiger partial charge in [-0.05, 0) is 54.4 Å². The van der Waals surface area contributed by atoms with Gasteiger partial charge in [-0.15, -0.1) is 0 Å². The van der Waals surface area contributed by atoms with Gasteiger partial charge in [-0.1, -0.05) is 0 Å². The number of amides is 3. The molecule has 8 nitrogen and oxygen atoms in total. The molecule has 2 aromatic carbocycles. The summed E-state index contributed by atoms with van der Waals surface area (Å²) in [5.74, 6) is 0.184. The lowest BCUT2D eigenvalue weighted by Crippen LogP contribution is -2.33. The second-order valence-electron chi connectivity index (χ2n) is 5.95. The van der Waals surface area contributed by atoms with Crippen molar-refractivity contribution in [3.8, 4) is 11.5 Å². The van der Waals surface area contributed by atoms with Crippen LogP contribution in [0, 0.1) is 0 Å². The molecule has 0 aliphatic heterocycles. The van der Waals surface area contributed by atoms with E-state index in [2.05, 4.69) is 10.6 Å². The molecule has 0 unspecified atom stereocenters. The summed E-state index contributed by atoms with van der Waals surface area (Å²) in [5.41, 5.74) is 6.79. The van der Waals surface area contributed by atoms with Gasteiger partial charge in [0.25, 0.3) is 5.91 Å². The van der Waals surface area contributed by atoms with Crippen molar-refractivity contribution in [1.29, 1.82) is 0 Å². The summed E-state index contributed by atoms with van der Waals surface area (Å²) in [4.78, 5) is 34.7. The Morgan fingerprint density at radius 1 is 1.00 bits per heavy atom.